The van der Waals surface area contributed by atoms with Crippen LogP contribution in [0.2, 0.25) is 15.1 Å². The van der Waals surface area contributed by atoms with Crippen LogP contribution < -0.4 is 11.0 Å². The zero-order chi connectivity index (χ0) is 18.4. The van der Waals surface area contributed by atoms with Crippen molar-refractivity contribution in [1.82, 2.24) is 14.8 Å². The second-order valence-corrected chi connectivity index (χ2v) is 7.06. The van der Waals surface area contributed by atoms with E-state index < -0.39 is 0 Å². The number of nitrogens with one attached hydrogen (secondary N) is 2. The number of thioether (sulfide) groups is 1. The van der Waals surface area contributed by atoms with Crippen molar-refractivity contribution in [3.05, 3.63) is 37.7 Å². The highest BCUT2D eigenvalue weighted by Crippen LogP contribution is 2.32. The first-order valence-electron chi connectivity index (χ1n) is 7.13. The van der Waals surface area contributed by atoms with Crippen LogP contribution in [0.4, 0.5) is 5.69 Å². The predicted octanol–water partition coefficient (Wildman–Crippen LogP) is 3.30. The van der Waals surface area contributed by atoms with Crippen molar-refractivity contribution in [2.45, 2.75) is 18.1 Å². The molecule has 1 heterocycles. The van der Waals surface area contributed by atoms with E-state index in [-0.39, 0.29) is 27.4 Å². The summed E-state index contributed by atoms with van der Waals surface area (Å²) in [5, 5.41) is 10.2. The topological polar surface area (TPSA) is 89.0 Å². The van der Waals surface area contributed by atoms with Gasteiger partial charge in [-0.05, 0) is 18.6 Å². The van der Waals surface area contributed by atoms with Gasteiger partial charge in [-0.2, -0.15) is 0 Å². The Hall–Kier alpha value is -1.19. The normalized spacial score (nSPS) is 10.9. The molecule has 2 rings (SSSR count). The molecule has 136 valence electrons. The van der Waals surface area contributed by atoms with Crippen LogP contribution in [-0.4, -0.2) is 40.1 Å². The van der Waals surface area contributed by atoms with Crippen LogP contribution in [0.5, 0.6) is 0 Å². The molecule has 0 atom stereocenters. The van der Waals surface area contributed by atoms with E-state index in [9.17, 15) is 9.59 Å². The number of anilines is 1. The number of nitrogens with zero attached hydrogens (tertiary/aromatic N) is 2. The Balaban J connectivity index is 1.97. The van der Waals surface area contributed by atoms with E-state index in [0.29, 0.717) is 35.4 Å². The van der Waals surface area contributed by atoms with E-state index in [1.54, 1.807) is 7.11 Å². The quantitative estimate of drug-likeness (QED) is 0.385. The predicted molar refractivity (Wildman–Crippen MR) is 100 cm³/mol. The molecular formula is C14H15Cl3N4O3S. The Labute approximate surface area is 163 Å². The van der Waals surface area contributed by atoms with Gasteiger partial charge in [0.25, 0.3) is 0 Å². The number of carbonyl (C=O) groups is 1. The fourth-order valence-electron chi connectivity index (χ4n) is 1.91. The van der Waals surface area contributed by atoms with E-state index in [2.05, 4.69) is 15.5 Å². The number of aromatic amines is 1. The van der Waals surface area contributed by atoms with E-state index in [1.165, 1.54) is 16.7 Å². The standard InChI is InChI=1S/C14H15Cl3N4O3S/c1-24-4-2-3-21-13(23)19-20-14(21)25-7-12(22)18-11-6-9(16)8(15)5-10(11)17/h5-6H,2-4,7H2,1H3,(H,18,22)(H,19,23). The van der Waals surface area contributed by atoms with Crippen LogP contribution in [-0.2, 0) is 16.1 Å². The van der Waals surface area contributed by atoms with Gasteiger partial charge in [0, 0.05) is 20.3 Å². The SMILES string of the molecule is COCCCn1c(SCC(=O)Nc2cc(Cl)c(Cl)cc2Cl)n[nH]c1=O. The number of amides is 1. The lowest BCUT2D eigenvalue weighted by molar-refractivity contribution is -0.113. The number of hydrogen-bond donors (Lipinski definition) is 2. The first-order chi connectivity index (χ1) is 11.9. The lowest BCUT2D eigenvalue weighted by atomic mass is 10.3. The molecule has 1 aromatic heterocycles. The summed E-state index contributed by atoms with van der Waals surface area (Å²) < 4.78 is 6.43. The van der Waals surface area contributed by atoms with Gasteiger partial charge < -0.3 is 10.1 Å². The van der Waals surface area contributed by atoms with Crippen LogP contribution in [0.1, 0.15) is 6.42 Å². The second-order valence-electron chi connectivity index (χ2n) is 4.89. The van der Waals surface area contributed by atoms with Crippen LogP contribution in [0.3, 0.4) is 0 Å². The molecule has 25 heavy (non-hydrogen) atoms. The molecule has 11 heteroatoms. The molecule has 0 aliphatic rings. The highest BCUT2D eigenvalue weighted by atomic mass is 35.5. The van der Waals surface area contributed by atoms with Crippen LogP contribution in [0.25, 0.3) is 0 Å². The number of methoxy groups -OCH3 is 1. The number of halogens is 3. The Morgan fingerprint density at radius 1 is 1.32 bits per heavy atom. The van der Waals surface area contributed by atoms with Crippen molar-refractivity contribution < 1.29 is 9.53 Å². The molecule has 0 spiro atoms. The average molecular weight is 426 g/mol. The van der Waals surface area contributed by atoms with Crippen molar-refractivity contribution in [2.24, 2.45) is 0 Å². The molecule has 7 nitrogen and oxygen atoms in total. The highest BCUT2D eigenvalue weighted by Gasteiger charge is 2.13. The van der Waals surface area contributed by atoms with Crippen LogP contribution in [0.15, 0.2) is 22.1 Å². The number of rotatable bonds is 8. The summed E-state index contributed by atoms with van der Waals surface area (Å²) in [6.45, 7) is 0.976. The van der Waals surface area contributed by atoms with Gasteiger partial charge in [0.15, 0.2) is 5.16 Å². The third-order valence-corrected chi connectivity index (χ3v) is 5.08. The third-order valence-electron chi connectivity index (χ3n) is 3.07. The minimum atomic E-state index is -0.327. The molecule has 0 aliphatic heterocycles. The molecule has 0 saturated heterocycles. The highest BCUT2D eigenvalue weighted by molar-refractivity contribution is 7.99. The van der Waals surface area contributed by atoms with Gasteiger partial charge in [0.1, 0.15) is 0 Å². The largest absolute Gasteiger partial charge is 0.385 e. The van der Waals surface area contributed by atoms with Gasteiger partial charge in [-0.1, -0.05) is 46.6 Å². The minimum Gasteiger partial charge on any atom is -0.385 e. The van der Waals surface area contributed by atoms with Crippen LogP contribution >= 0.6 is 46.6 Å². The Bertz CT molecular complexity index is 809. The van der Waals surface area contributed by atoms with Crippen molar-refractivity contribution >= 4 is 58.2 Å². The van der Waals surface area contributed by atoms with E-state index in [1.807, 2.05) is 0 Å². The number of carbonyl (C=O) groups excluding carboxylic acids is 1. The summed E-state index contributed by atoms with van der Waals surface area (Å²) in [5.41, 5.74) is 0.0349. The average Bonchev–Trinajstić information content (AvgIpc) is 2.91. The number of benzene rings is 1. The minimum absolute atomic E-state index is 0.0468. The fraction of sp³-hybridized carbons (Fsp3) is 0.357. The summed E-state index contributed by atoms with van der Waals surface area (Å²) in [6, 6.07) is 2.93. The molecule has 0 unspecified atom stereocenters. The number of H-pyrrole nitrogens is 1. The molecule has 0 aliphatic carbocycles. The molecule has 0 fully saturated rings. The molecule has 2 N–H and O–H groups in total. The van der Waals surface area contributed by atoms with Gasteiger partial charge in [0.05, 0.1) is 26.5 Å². The molecule has 0 bridgehead atoms. The summed E-state index contributed by atoms with van der Waals surface area (Å²) in [6.07, 6.45) is 0.661. The van der Waals surface area contributed by atoms with Gasteiger partial charge in [-0.15, -0.1) is 5.10 Å². The molecular weight excluding hydrogens is 411 g/mol. The van der Waals surface area contributed by atoms with E-state index in [4.69, 9.17) is 39.5 Å². The summed E-state index contributed by atoms with van der Waals surface area (Å²) in [5.74, 6) is -0.269. The number of ether oxygens (including phenoxy) is 1. The maximum atomic E-state index is 12.1. The monoisotopic (exact) mass is 424 g/mol. The third kappa shape index (κ3) is 5.65. The number of aromatic nitrogens is 3. The summed E-state index contributed by atoms with van der Waals surface area (Å²) >= 11 is 18.9. The van der Waals surface area contributed by atoms with E-state index >= 15 is 0 Å². The van der Waals surface area contributed by atoms with Crippen molar-refractivity contribution in [2.75, 3.05) is 24.8 Å². The first kappa shape index (κ1) is 20.1. The van der Waals surface area contributed by atoms with Gasteiger partial charge >= 0.3 is 5.69 Å². The fourth-order valence-corrected chi connectivity index (χ4v) is 3.28. The molecule has 1 amide bonds. The van der Waals surface area contributed by atoms with Crippen molar-refractivity contribution in [3.8, 4) is 0 Å². The van der Waals surface area contributed by atoms with E-state index in [0.717, 1.165) is 11.8 Å². The molecule has 2 aromatic rings. The lowest BCUT2D eigenvalue weighted by Crippen LogP contribution is -2.19. The number of hydrogen-bond acceptors (Lipinski definition) is 5. The van der Waals surface area contributed by atoms with Crippen LogP contribution in [0, 0.1) is 0 Å². The Morgan fingerprint density at radius 2 is 2.04 bits per heavy atom. The summed E-state index contributed by atoms with van der Waals surface area (Å²) in [7, 11) is 1.59. The Kier molecular flexibility index (Phi) is 7.64. The smallest absolute Gasteiger partial charge is 0.343 e. The van der Waals surface area contributed by atoms with Crippen molar-refractivity contribution in [1.29, 1.82) is 0 Å². The Morgan fingerprint density at radius 3 is 2.76 bits per heavy atom. The maximum absolute atomic E-state index is 12.1. The summed E-state index contributed by atoms with van der Waals surface area (Å²) in [4.78, 5) is 23.8. The van der Waals surface area contributed by atoms with Gasteiger partial charge in [-0.25, -0.2) is 9.89 Å². The zero-order valence-electron chi connectivity index (χ0n) is 13.1. The first-order valence-corrected chi connectivity index (χ1v) is 9.25. The van der Waals surface area contributed by atoms with Crippen molar-refractivity contribution in [3.63, 3.8) is 0 Å². The van der Waals surface area contributed by atoms with Gasteiger partial charge in [0.2, 0.25) is 5.91 Å². The van der Waals surface area contributed by atoms with Gasteiger partial charge in [-0.3, -0.25) is 9.36 Å². The molecule has 0 saturated carbocycles. The lowest BCUT2D eigenvalue weighted by Gasteiger charge is -2.09. The molecule has 1 aromatic carbocycles. The zero-order valence-corrected chi connectivity index (χ0v) is 16.2. The molecule has 0 radical (unpaired) electrons. The maximum Gasteiger partial charge on any atom is 0.343 e. The second kappa shape index (κ2) is 9.49.